The highest BCUT2D eigenvalue weighted by molar-refractivity contribution is 5.78. The first-order valence-electron chi connectivity index (χ1n) is 4.54. The van der Waals surface area contributed by atoms with Crippen molar-refractivity contribution < 1.29 is 9.53 Å². The second kappa shape index (κ2) is 4.83. The molecule has 1 rings (SSSR count). The summed E-state index contributed by atoms with van der Waals surface area (Å²) in [6.45, 7) is 2.69. The lowest BCUT2D eigenvalue weighted by Crippen LogP contribution is -2.47. The molecule has 0 spiro atoms. The zero-order valence-electron chi connectivity index (χ0n) is 7.75. The molecule has 0 aromatic heterocycles. The first kappa shape index (κ1) is 10.0. The van der Waals surface area contributed by atoms with Crippen molar-refractivity contribution in [2.45, 2.75) is 38.3 Å². The molecule has 0 aliphatic heterocycles. The molecule has 1 aliphatic carbocycles. The van der Waals surface area contributed by atoms with E-state index in [0.29, 0.717) is 6.10 Å². The van der Waals surface area contributed by atoms with Crippen LogP contribution >= 0.6 is 0 Å². The number of nitriles is 1. The molecule has 1 saturated carbocycles. The van der Waals surface area contributed by atoms with Crippen LogP contribution in [0.5, 0.6) is 0 Å². The molecule has 0 aromatic rings. The summed E-state index contributed by atoms with van der Waals surface area (Å²) in [5, 5.41) is 11.0. The Morgan fingerprint density at radius 2 is 2.38 bits per heavy atom. The Labute approximate surface area is 77.9 Å². The lowest BCUT2D eigenvalue weighted by molar-refractivity contribution is -0.122. The molecule has 0 aromatic carbocycles. The summed E-state index contributed by atoms with van der Waals surface area (Å²) in [6, 6.07) is 2.03. The van der Waals surface area contributed by atoms with Crippen LogP contribution in [0.3, 0.4) is 0 Å². The number of hydrogen-bond acceptors (Lipinski definition) is 3. The second-order valence-electron chi connectivity index (χ2n) is 3.15. The van der Waals surface area contributed by atoms with E-state index in [1.165, 1.54) is 0 Å². The number of amides is 1. The average molecular weight is 182 g/mol. The minimum Gasteiger partial charge on any atom is -0.378 e. The van der Waals surface area contributed by atoms with Gasteiger partial charge in [0.25, 0.3) is 0 Å². The van der Waals surface area contributed by atoms with E-state index in [2.05, 4.69) is 5.32 Å². The Balaban J connectivity index is 2.08. The molecular formula is C9H14N2O2. The number of nitrogens with one attached hydrogen (secondary N) is 1. The number of nitrogens with zero attached hydrogens (tertiary/aromatic N) is 1. The maximum atomic E-state index is 10.9. The zero-order chi connectivity index (χ0) is 9.68. The third kappa shape index (κ3) is 3.03. The van der Waals surface area contributed by atoms with Crippen molar-refractivity contribution in [3.63, 3.8) is 0 Å². The molecular weight excluding hydrogens is 168 g/mol. The summed E-state index contributed by atoms with van der Waals surface area (Å²) in [4.78, 5) is 10.9. The lowest BCUT2D eigenvalue weighted by atomic mass is 9.89. The first-order chi connectivity index (χ1) is 6.26. The monoisotopic (exact) mass is 182 g/mol. The van der Waals surface area contributed by atoms with Crippen molar-refractivity contribution >= 4 is 5.91 Å². The highest BCUT2D eigenvalue weighted by atomic mass is 16.5. The van der Waals surface area contributed by atoms with Gasteiger partial charge >= 0.3 is 0 Å². The Kier molecular flexibility index (Phi) is 3.71. The van der Waals surface area contributed by atoms with Crippen LogP contribution in [0.4, 0.5) is 0 Å². The molecule has 72 valence electrons. The lowest BCUT2D eigenvalue weighted by Gasteiger charge is -2.35. The minimum absolute atomic E-state index is 0.0458. The average Bonchev–Trinajstić information content (AvgIpc) is 2.01. The maximum absolute atomic E-state index is 10.9. The van der Waals surface area contributed by atoms with Crippen LogP contribution in [0, 0.1) is 11.3 Å². The Hall–Kier alpha value is -1.08. The fourth-order valence-corrected chi connectivity index (χ4v) is 1.41. The van der Waals surface area contributed by atoms with E-state index >= 15 is 0 Å². The van der Waals surface area contributed by atoms with Crippen LogP contribution < -0.4 is 5.32 Å². The van der Waals surface area contributed by atoms with Gasteiger partial charge in [-0.15, -0.1) is 0 Å². The van der Waals surface area contributed by atoms with Gasteiger partial charge in [0.05, 0.1) is 12.2 Å². The van der Waals surface area contributed by atoms with E-state index in [1.54, 1.807) is 0 Å². The van der Waals surface area contributed by atoms with Gasteiger partial charge in [-0.05, 0) is 19.8 Å². The number of carbonyl (C=O) groups excluding carboxylic acids is 1. The Morgan fingerprint density at radius 3 is 2.92 bits per heavy atom. The van der Waals surface area contributed by atoms with Gasteiger partial charge < -0.3 is 10.1 Å². The van der Waals surface area contributed by atoms with Crippen LogP contribution in [0.2, 0.25) is 0 Å². The van der Waals surface area contributed by atoms with Crippen LogP contribution in [-0.4, -0.2) is 24.7 Å². The normalized spacial score (nSPS) is 25.8. The van der Waals surface area contributed by atoms with Crippen molar-refractivity contribution in [2.24, 2.45) is 0 Å². The van der Waals surface area contributed by atoms with Gasteiger partial charge in [0.2, 0.25) is 5.91 Å². The van der Waals surface area contributed by atoms with Crippen LogP contribution in [0.15, 0.2) is 0 Å². The molecule has 1 N–H and O–H groups in total. The highest BCUT2D eigenvalue weighted by Crippen LogP contribution is 2.22. The number of ether oxygens (including phenoxy) is 1. The zero-order valence-corrected chi connectivity index (χ0v) is 7.75. The van der Waals surface area contributed by atoms with Gasteiger partial charge in [0, 0.05) is 12.6 Å². The minimum atomic E-state index is -0.178. The van der Waals surface area contributed by atoms with E-state index in [9.17, 15) is 4.79 Å². The number of rotatable bonds is 4. The van der Waals surface area contributed by atoms with E-state index in [-0.39, 0.29) is 18.4 Å². The van der Waals surface area contributed by atoms with Gasteiger partial charge in [0.15, 0.2) is 0 Å². The predicted octanol–water partition coefficient (Wildman–Crippen LogP) is 0.584. The molecule has 13 heavy (non-hydrogen) atoms. The van der Waals surface area contributed by atoms with E-state index in [0.717, 1.165) is 19.4 Å². The van der Waals surface area contributed by atoms with Crippen LogP contribution in [-0.2, 0) is 9.53 Å². The van der Waals surface area contributed by atoms with Crippen molar-refractivity contribution in [2.75, 3.05) is 6.61 Å². The molecule has 0 unspecified atom stereocenters. The van der Waals surface area contributed by atoms with Crippen LogP contribution in [0.25, 0.3) is 0 Å². The topological polar surface area (TPSA) is 62.1 Å². The smallest absolute Gasteiger partial charge is 0.234 e. The maximum Gasteiger partial charge on any atom is 0.234 e. The van der Waals surface area contributed by atoms with E-state index in [1.807, 2.05) is 13.0 Å². The number of hydrogen-bond donors (Lipinski definition) is 1. The first-order valence-corrected chi connectivity index (χ1v) is 4.54. The molecule has 1 aliphatic rings. The van der Waals surface area contributed by atoms with E-state index < -0.39 is 0 Å². The summed E-state index contributed by atoms with van der Waals surface area (Å²) in [5.41, 5.74) is 0. The highest BCUT2D eigenvalue weighted by Gasteiger charge is 2.30. The van der Waals surface area contributed by atoms with Gasteiger partial charge in [-0.25, -0.2) is 0 Å². The Morgan fingerprint density at radius 1 is 1.69 bits per heavy atom. The van der Waals surface area contributed by atoms with Gasteiger partial charge in [-0.2, -0.15) is 5.26 Å². The standard InChI is InChI=1S/C9H14N2O2/c1-2-13-8-5-7(6-8)11-9(12)3-4-10/h7-8H,2-3,5-6H2,1H3,(H,11,12). The molecule has 0 radical (unpaired) electrons. The molecule has 0 atom stereocenters. The predicted molar refractivity (Wildman–Crippen MR) is 46.8 cm³/mol. The quantitative estimate of drug-likeness (QED) is 0.692. The van der Waals surface area contributed by atoms with Gasteiger partial charge in [-0.3, -0.25) is 4.79 Å². The summed E-state index contributed by atoms with van der Waals surface area (Å²) in [6.07, 6.45) is 2.02. The third-order valence-corrected chi connectivity index (χ3v) is 2.10. The van der Waals surface area contributed by atoms with Crippen molar-refractivity contribution in [3.8, 4) is 6.07 Å². The Bertz CT molecular complexity index is 216. The van der Waals surface area contributed by atoms with Crippen molar-refractivity contribution in [1.29, 1.82) is 5.26 Å². The molecule has 4 heteroatoms. The molecule has 1 fully saturated rings. The third-order valence-electron chi connectivity index (χ3n) is 2.10. The molecule has 0 bridgehead atoms. The fourth-order valence-electron chi connectivity index (χ4n) is 1.41. The van der Waals surface area contributed by atoms with Gasteiger partial charge in [0.1, 0.15) is 6.42 Å². The van der Waals surface area contributed by atoms with E-state index in [4.69, 9.17) is 10.00 Å². The van der Waals surface area contributed by atoms with Crippen molar-refractivity contribution in [3.05, 3.63) is 0 Å². The molecule has 0 heterocycles. The SMILES string of the molecule is CCOC1CC(NC(=O)CC#N)C1. The molecule has 4 nitrogen and oxygen atoms in total. The summed E-state index contributed by atoms with van der Waals surface area (Å²) in [5.74, 6) is -0.178. The molecule has 0 saturated heterocycles. The summed E-state index contributed by atoms with van der Waals surface area (Å²) in [7, 11) is 0. The number of carbonyl (C=O) groups is 1. The van der Waals surface area contributed by atoms with Crippen molar-refractivity contribution in [1.82, 2.24) is 5.32 Å². The second-order valence-corrected chi connectivity index (χ2v) is 3.15. The summed E-state index contributed by atoms with van der Waals surface area (Å²) < 4.78 is 5.33. The molecule has 1 amide bonds. The van der Waals surface area contributed by atoms with Gasteiger partial charge in [-0.1, -0.05) is 0 Å². The fraction of sp³-hybridized carbons (Fsp3) is 0.778. The van der Waals surface area contributed by atoms with Crippen LogP contribution in [0.1, 0.15) is 26.2 Å². The summed E-state index contributed by atoms with van der Waals surface area (Å²) >= 11 is 0. The largest absolute Gasteiger partial charge is 0.378 e.